The van der Waals surface area contributed by atoms with Gasteiger partial charge in [-0.05, 0) is 51.1 Å². The molecule has 0 saturated heterocycles. The van der Waals surface area contributed by atoms with Crippen molar-refractivity contribution in [3.05, 3.63) is 48.0 Å². The summed E-state index contributed by atoms with van der Waals surface area (Å²) in [6.07, 6.45) is 1.97. The molecule has 0 aliphatic rings. The summed E-state index contributed by atoms with van der Waals surface area (Å²) in [7, 11) is 0. The molecule has 1 aromatic heterocycles. The average molecular weight is 257 g/mol. The van der Waals surface area contributed by atoms with Gasteiger partial charge in [-0.25, -0.2) is 9.97 Å². The van der Waals surface area contributed by atoms with Gasteiger partial charge in [0.05, 0.1) is 18.3 Å². The van der Waals surface area contributed by atoms with E-state index in [1.807, 2.05) is 51.1 Å². The number of ether oxygens (including phenoxy) is 1. The SMILES string of the molecule is Cc1nccc(CNc2ccc(OC(C)C)cc2)n1. The quantitative estimate of drug-likeness (QED) is 0.893. The second kappa shape index (κ2) is 6.18. The lowest BCUT2D eigenvalue weighted by atomic mass is 10.3. The van der Waals surface area contributed by atoms with E-state index in [9.17, 15) is 0 Å². The molecule has 2 rings (SSSR count). The van der Waals surface area contributed by atoms with E-state index in [0.717, 1.165) is 23.0 Å². The first-order valence-corrected chi connectivity index (χ1v) is 6.42. The highest BCUT2D eigenvalue weighted by atomic mass is 16.5. The predicted octanol–water partition coefficient (Wildman–Crippen LogP) is 3.18. The standard InChI is InChI=1S/C15H19N3O/c1-11(2)19-15-6-4-13(5-7-15)17-10-14-8-9-16-12(3)18-14/h4-9,11,17H,10H2,1-3H3. The molecule has 0 spiro atoms. The summed E-state index contributed by atoms with van der Waals surface area (Å²) in [5, 5.41) is 3.32. The van der Waals surface area contributed by atoms with Crippen molar-refractivity contribution >= 4 is 5.69 Å². The van der Waals surface area contributed by atoms with E-state index in [2.05, 4.69) is 15.3 Å². The summed E-state index contributed by atoms with van der Waals surface area (Å²) < 4.78 is 5.60. The maximum atomic E-state index is 5.60. The molecule has 1 N–H and O–H groups in total. The summed E-state index contributed by atoms with van der Waals surface area (Å²) in [6.45, 7) is 6.61. The van der Waals surface area contributed by atoms with E-state index in [1.54, 1.807) is 6.20 Å². The zero-order valence-corrected chi connectivity index (χ0v) is 11.6. The molecule has 0 bridgehead atoms. The van der Waals surface area contributed by atoms with Crippen molar-refractivity contribution in [2.75, 3.05) is 5.32 Å². The molecule has 0 amide bonds. The molecular formula is C15H19N3O. The van der Waals surface area contributed by atoms with E-state index >= 15 is 0 Å². The molecule has 0 fully saturated rings. The Kier molecular flexibility index (Phi) is 4.34. The van der Waals surface area contributed by atoms with Crippen molar-refractivity contribution in [1.29, 1.82) is 0 Å². The molecule has 0 unspecified atom stereocenters. The van der Waals surface area contributed by atoms with Crippen LogP contribution in [-0.4, -0.2) is 16.1 Å². The third kappa shape index (κ3) is 4.25. The molecule has 4 heteroatoms. The number of hydrogen-bond donors (Lipinski definition) is 1. The van der Waals surface area contributed by atoms with E-state index in [0.29, 0.717) is 6.54 Å². The Morgan fingerprint density at radius 3 is 2.53 bits per heavy atom. The number of nitrogens with one attached hydrogen (secondary N) is 1. The summed E-state index contributed by atoms with van der Waals surface area (Å²) in [6, 6.07) is 9.86. The first kappa shape index (κ1) is 13.3. The largest absolute Gasteiger partial charge is 0.491 e. The summed E-state index contributed by atoms with van der Waals surface area (Å²) in [5.74, 6) is 1.68. The van der Waals surface area contributed by atoms with Crippen LogP contribution in [0.1, 0.15) is 25.4 Å². The zero-order chi connectivity index (χ0) is 13.7. The fourth-order valence-corrected chi connectivity index (χ4v) is 1.72. The maximum Gasteiger partial charge on any atom is 0.125 e. The number of aromatic nitrogens is 2. The van der Waals surface area contributed by atoms with E-state index in [1.165, 1.54) is 0 Å². The minimum Gasteiger partial charge on any atom is -0.491 e. The van der Waals surface area contributed by atoms with Gasteiger partial charge < -0.3 is 10.1 Å². The van der Waals surface area contributed by atoms with Gasteiger partial charge in [-0.3, -0.25) is 0 Å². The van der Waals surface area contributed by atoms with E-state index in [4.69, 9.17) is 4.74 Å². The highest BCUT2D eigenvalue weighted by molar-refractivity contribution is 5.46. The van der Waals surface area contributed by atoms with Crippen LogP contribution in [0.15, 0.2) is 36.5 Å². The molecule has 0 atom stereocenters. The highest BCUT2D eigenvalue weighted by Gasteiger charge is 1.99. The van der Waals surface area contributed by atoms with Crippen LogP contribution in [0.25, 0.3) is 0 Å². The van der Waals surface area contributed by atoms with Gasteiger partial charge in [0.2, 0.25) is 0 Å². The number of nitrogens with zero attached hydrogens (tertiary/aromatic N) is 2. The number of anilines is 1. The molecule has 0 aliphatic carbocycles. The van der Waals surface area contributed by atoms with Gasteiger partial charge in [0.1, 0.15) is 11.6 Å². The Morgan fingerprint density at radius 1 is 1.16 bits per heavy atom. The van der Waals surface area contributed by atoms with Gasteiger partial charge in [-0.2, -0.15) is 0 Å². The lowest BCUT2D eigenvalue weighted by Gasteiger charge is -2.11. The first-order valence-electron chi connectivity index (χ1n) is 6.42. The zero-order valence-electron chi connectivity index (χ0n) is 11.6. The number of rotatable bonds is 5. The monoisotopic (exact) mass is 257 g/mol. The normalized spacial score (nSPS) is 10.5. The van der Waals surface area contributed by atoms with Crippen LogP contribution in [0.4, 0.5) is 5.69 Å². The lowest BCUT2D eigenvalue weighted by molar-refractivity contribution is 0.242. The maximum absolute atomic E-state index is 5.60. The fourth-order valence-electron chi connectivity index (χ4n) is 1.72. The van der Waals surface area contributed by atoms with Crippen molar-refractivity contribution in [2.45, 2.75) is 33.4 Å². The molecule has 1 heterocycles. The molecular weight excluding hydrogens is 238 g/mol. The molecule has 0 aliphatic heterocycles. The van der Waals surface area contributed by atoms with Gasteiger partial charge in [0.15, 0.2) is 0 Å². The fraction of sp³-hybridized carbons (Fsp3) is 0.333. The summed E-state index contributed by atoms with van der Waals surface area (Å²) in [5.41, 5.74) is 2.03. The van der Waals surface area contributed by atoms with Crippen molar-refractivity contribution in [3.63, 3.8) is 0 Å². The van der Waals surface area contributed by atoms with Gasteiger partial charge in [-0.15, -0.1) is 0 Å². The van der Waals surface area contributed by atoms with Gasteiger partial charge in [0, 0.05) is 11.9 Å². The first-order chi connectivity index (χ1) is 9.13. The van der Waals surface area contributed by atoms with Crippen molar-refractivity contribution in [2.24, 2.45) is 0 Å². The number of hydrogen-bond acceptors (Lipinski definition) is 4. The van der Waals surface area contributed by atoms with Gasteiger partial charge in [-0.1, -0.05) is 0 Å². The summed E-state index contributed by atoms with van der Waals surface area (Å²) in [4.78, 5) is 8.43. The third-order valence-electron chi connectivity index (χ3n) is 2.53. The second-order valence-electron chi connectivity index (χ2n) is 4.64. The van der Waals surface area contributed by atoms with E-state index in [-0.39, 0.29) is 6.10 Å². The Hall–Kier alpha value is -2.10. The van der Waals surface area contributed by atoms with Crippen LogP contribution in [-0.2, 0) is 6.54 Å². The lowest BCUT2D eigenvalue weighted by Crippen LogP contribution is -2.06. The Labute approximate surface area is 113 Å². The minimum atomic E-state index is 0.197. The number of aryl methyl sites for hydroxylation is 1. The topological polar surface area (TPSA) is 47.0 Å². The molecule has 0 radical (unpaired) electrons. The molecule has 0 saturated carbocycles. The van der Waals surface area contributed by atoms with Crippen LogP contribution >= 0.6 is 0 Å². The predicted molar refractivity (Wildman–Crippen MR) is 76.3 cm³/mol. The van der Waals surface area contributed by atoms with Crippen LogP contribution in [0.5, 0.6) is 5.75 Å². The number of benzene rings is 1. The molecule has 4 nitrogen and oxygen atoms in total. The minimum absolute atomic E-state index is 0.197. The Bertz CT molecular complexity index is 523. The van der Waals surface area contributed by atoms with Crippen molar-refractivity contribution in [3.8, 4) is 5.75 Å². The highest BCUT2D eigenvalue weighted by Crippen LogP contribution is 2.17. The molecule has 100 valence electrons. The van der Waals surface area contributed by atoms with Crippen LogP contribution < -0.4 is 10.1 Å². The Morgan fingerprint density at radius 2 is 1.89 bits per heavy atom. The van der Waals surface area contributed by atoms with Gasteiger partial charge >= 0.3 is 0 Å². The van der Waals surface area contributed by atoms with E-state index < -0.39 is 0 Å². The average Bonchev–Trinajstić information content (AvgIpc) is 2.37. The molecule has 1 aromatic carbocycles. The van der Waals surface area contributed by atoms with Crippen molar-refractivity contribution in [1.82, 2.24) is 9.97 Å². The van der Waals surface area contributed by atoms with Crippen molar-refractivity contribution < 1.29 is 4.74 Å². The Balaban J connectivity index is 1.93. The smallest absolute Gasteiger partial charge is 0.125 e. The van der Waals surface area contributed by atoms with Gasteiger partial charge in [0.25, 0.3) is 0 Å². The molecule has 19 heavy (non-hydrogen) atoms. The summed E-state index contributed by atoms with van der Waals surface area (Å²) >= 11 is 0. The molecule has 2 aromatic rings. The van der Waals surface area contributed by atoms with Crippen LogP contribution in [0.2, 0.25) is 0 Å². The second-order valence-corrected chi connectivity index (χ2v) is 4.64. The third-order valence-corrected chi connectivity index (χ3v) is 2.53. The van der Waals surface area contributed by atoms with Crippen LogP contribution in [0.3, 0.4) is 0 Å². The van der Waals surface area contributed by atoms with Crippen LogP contribution in [0, 0.1) is 6.92 Å².